The Kier molecular flexibility index (Phi) is 2.88. The van der Waals surface area contributed by atoms with Gasteiger partial charge in [-0.15, -0.1) is 0 Å². The van der Waals surface area contributed by atoms with Crippen LogP contribution in [-0.2, 0) is 0 Å². The van der Waals surface area contributed by atoms with E-state index in [1.165, 1.54) is 5.56 Å². The molecule has 0 bridgehead atoms. The van der Waals surface area contributed by atoms with Crippen LogP contribution in [0.2, 0.25) is 5.28 Å². The van der Waals surface area contributed by atoms with Gasteiger partial charge < -0.3 is 9.72 Å². The summed E-state index contributed by atoms with van der Waals surface area (Å²) in [5.74, 6) is 0.831. The van der Waals surface area contributed by atoms with Crippen molar-refractivity contribution in [1.82, 2.24) is 9.97 Å². The van der Waals surface area contributed by atoms with Crippen LogP contribution in [0.5, 0.6) is 5.75 Å². The number of hydrogen-bond acceptors (Lipinski definition) is 2. The minimum Gasteiger partial charge on any atom is -0.496 e. The van der Waals surface area contributed by atoms with Crippen molar-refractivity contribution < 1.29 is 4.74 Å². The van der Waals surface area contributed by atoms with Crippen molar-refractivity contribution in [2.75, 3.05) is 7.11 Å². The number of halogens is 1. The van der Waals surface area contributed by atoms with E-state index < -0.39 is 0 Å². The number of aromatic amines is 1. The molecule has 0 aliphatic carbocycles. The third-order valence-corrected chi connectivity index (χ3v) is 2.67. The number of nitrogens with zero attached hydrogens (tertiary/aromatic N) is 1. The first-order chi connectivity index (χ1) is 7.61. The van der Waals surface area contributed by atoms with Crippen molar-refractivity contribution >= 4 is 11.6 Å². The number of nitrogens with one attached hydrogen (secondary N) is 1. The SMILES string of the molecule is COc1cc(C)cc(C)c1-c1cnc(Cl)[nH]1. The molecule has 0 fully saturated rings. The molecule has 2 rings (SSSR count). The first-order valence-electron chi connectivity index (χ1n) is 4.98. The molecule has 2 aromatic rings. The highest BCUT2D eigenvalue weighted by molar-refractivity contribution is 6.28. The number of rotatable bonds is 2. The average Bonchev–Trinajstić information content (AvgIpc) is 2.63. The van der Waals surface area contributed by atoms with Crippen LogP contribution in [0, 0.1) is 13.8 Å². The first kappa shape index (κ1) is 11.0. The maximum Gasteiger partial charge on any atom is 0.200 e. The average molecular weight is 237 g/mol. The van der Waals surface area contributed by atoms with Crippen LogP contribution >= 0.6 is 11.6 Å². The Hall–Kier alpha value is -1.48. The van der Waals surface area contributed by atoms with Crippen molar-refractivity contribution in [2.24, 2.45) is 0 Å². The van der Waals surface area contributed by atoms with Gasteiger partial charge in [0.1, 0.15) is 5.75 Å². The second-order valence-corrected chi connectivity index (χ2v) is 4.10. The molecule has 1 aromatic heterocycles. The van der Waals surface area contributed by atoms with E-state index in [1.54, 1.807) is 13.3 Å². The maximum atomic E-state index is 5.78. The molecule has 0 spiro atoms. The largest absolute Gasteiger partial charge is 0.496 e. The van der Waals surface area contributed by atoms with Gasteiger partial charge in [-0.05, 0) is 42.6 Å². The van der Waals surface area contributed by atoms with Gasteiger partial charge in [0.2, 0.25) is 0 Å². The summed E-state index contributed by atoms with van der Waals surface area (Å²) in [4.78, 5) is 6.99. The molecule has 1 aromatic carbocycles. The molecule has 3 nitrogen and oxygen atoms in total. The molecular weight excluding hydrogens is 224 g/mol. The molecule has 0 aliphatic rings. The minimum atomic E-state index is 0.386. The highest BCUT2D eigenvalue weighted by Crippen LogP contribution is 2.33. The van der Waals surface area contributed by atoms with Crippen LogP contribution in [0.25, 0.3) is 11.3 Å². The van der Waals surface area contributed by atoms with Crippen molar-refractivity contribution in [3.63, 3.8) is 0 Å². The van der Waals surface area contributed by atoms with E-state index in [0.717, 1.165) is 22.6 Å². The van der Waals surface area contributed by atoms with Gasteiger partial charge >= 0.3 is 0 Å². The number of aromatic nitrogens is 2. The van der Waals surface area contributed by atoms with E-state index in [0.29, 0.717) is 5.28 Å². The lowest BCUT2D eigenvalue weighted by atomic mass is 10.0. The number of aryl methyl sites for hydroxylation is 2. The predicted octanol–water partition coefficient (Wildman–Crippen LogP) is 3.36. The molecule has 0 saturated carbocycles. The third kappa shape index (κ3) is 1.91. The fourth-order valence-electron chi connectivity index (χ4n) is 1.86. The summed E-state index contributed by atoms with van der Waals surface area (Å²) in [6.45, 7) is 4.08. The lowest BCUT2D eigenvalue weighted by molar-refractivity contribution is 0.415. The molecule has 1 heterocycles. The van der Waals surface area contributed by atoms with E-state index in [2.05, 4.69) is 16.0 Å². The standard InChI is InChI=1S/C12H13ClN2O/c1-7-4-8(2)11(10(5-7)16-3)9-6-14-12(13)15-9/h4-6H,1-3H3,(H,14,15). The number of methoxy groups -OCH3 is 1. The van der Waals surface area contributed by atoms with Crippen LogP contribution in [-0.4, -0.2) is 17.1 Å². The lowest BCUT2D eigenvalue weighted by Gasteiger charge is -2.11. The Morgan fingerprint density at radius 2 is 2.06 bits per heavy atom. The zero-order chi connectivity index (χ0) is 11.7. The Labute approximate surface area is 99.4 Å². The summed E-state index contributed by atoms with van der Waals surface area (Å²) < 4.78 is 5.38. The quantitative estimate of drug-likeness (QED) is 0.868. The summed E-state index contributed by atoms with van der Waals surface area (Å²) in [7, 11) is 1.66. The van der Waals surface area contributed by atoms with Crippen molar-refractivity contribution in [1.29, 1.82) is 0 Å². The number of imidazole rings is 1. The normalized spacial score (nSPS) is 10.5. The second-order valence-electron chi connectivity index (χ2n) is 3.75. The molecule has 16 heavy (non-hydrogen) atoms. The highest BCUT2D eigenvalue weighted by atomic mass is 35.5. The van der Waals surface area contributed by atoms with Crippen LogP contribution in [0.1, 0.15) is 11.1 Å². The van der Waals surface area contributed by atoms with Gasteiger partial charge in [0.15, 0.2) is 5.28 Å². The molecule has 4 heteroatoms. The molecule has 0 aliphatic heterocycles. The zero-order valence-electron chi connectivity index (χ0n) is 9.47. The Morgan fingerprint density at radius 3 is 2.62 bits per heavy atom. The zero-order valence-corrected chi connectivity index (χ0v) is 10.2. The smallest absolute Gasteiger partial charge is 0.200 e. The van der Waals surface area contributed by atoms with E-state index in [-0.39, 0.29) is 0 Å². The van der Waals surface area contributed by atoms with Gasteiger partial charge in [-0.25, -0.2) is 4.98 Å². The fourth-order valence-corrected chi connectivity index (χ4v) is 2.01. The summed E-state index contributed by atoms with van der Waals surface area (Å²) in [6.07, 6.45) is 1.71. The number of ether oxygens (including phenoxy) is 1. The molecule has 84 valence electrons. The van der Waals surface area contributed by atoms with Crippen LogP contribution in [0.3, 0.4) is 0 Å². The Morgan fingerprint density at radius 1 is 1.31 bits per heavy atom. The summed E-state index contributed by atoms with van der Waals surface area (Å²) in [5, 5.41) is 0.386. The second kappa shape index (κ2) is 4.18. The summed E-state index contributed by atoms with van der Waals surface area (Å²) >= 11 is 5.78. The molecule has 0 amide bonds. The van der Waals surface area contributed by atoms with Crippen molar-refractivity contribution in [2.45, 2.75) is 13.8 Å². The van der Waals surface area contributed by atoms with E-state index in [9.17, 15) is 0 Å². The highest BCUT2D eigenvalue weighted by Gasteiger charge is 2.12. The first-order valence-corrected chi connectivity index (χ1v) is 5.35. The Balaban J connectivity index is 2.63. The van der Waals surface area contributed by atoms with Gasteiger partial charge in [0.25, 0.3) is 0 Å². The maximum absolute atomic E-state index is 5.78. The molecule has 1 N–H and O–H groups in total. The molecule has 0 atom stereocenters. The lowest BCUT2D eigenvalue weighted by Crippen LogP contribution is -1.92. The third-order valence-electron chi connectivity index (χ3n) is 2.48. The minimum absolute atomic E-state index is 0.386. The topological polar surface area (TPSA) is 37.9 Å². The van der Waals surface area contributed by atoms with Crippen molar-refractivity contribution in [3.05, 3.63) is 34.7 Å². The van der Waals surface area contributed by atoms with Crippen molar-refractivity contribution in [3.8, 4) is 17.0 Å². The summed E-state index contributed by atoms with van der Waals surface area (Å²) in [6, 6.07) is 4.10. The van der Waals surface area contributed by atoms with Gasteiger partial charge in [-0.2, -0.15) is 0 Å². The van der Waals surface area contributed by atoms with Crippen LogP contribution in [0.15, 0.2) is 18.3 Å². The van der Waals surface area contributed by atoms with E-state index >= 15 is 0 Å². The van der Waals surface area contributed by atoms with E-state index in [1.807, 2.05) is 19.9 Å². The van der Waals surface area contributed by atoms with Gasteiger partial charge in [0, 0.05) is 5.56 Å². The van der Waals surface area contributed by atoms with Gasteiger partial charge in [-0.3, -0.25) is 0 Å². The molecular formula is C12H13ClN2O. The number of H-pyrrole nitrogens is 1. The van der Waals surface area contributed by atoms with Crippen LogP contribution in [0.4, 0.5) is 0 Å². The van der Waals surface area contributed by atoms with Crippen LogP contribution < -0.4 is 4.74 Å². The summed E-state index contributed by atoms with van der Waals surface area (Å²) in [5.41, 5.74) is 4.19. The van der Waals surface area contributed by atoms with Gasteiger partial charge in [0.05, 0.1) is 19.0 Å². The predicted molar refractivity (Wildman–Crippen MR) is 65.1 cm³/mol. The van der Waals surface area contributed by atoms with Gasteiger partial charge in [-0.1, -0.05) is 6.07 Å². The monoisotopic (exact) mass is 236 g/mol. The fraction of sp³-hybridized carbons (Fsp3) is 0.250. The molecule has 0 saturated heterocycles. The van der Waals surface area contributed by atoms with E-state index in [4.69, 9.17) is 16.3 Å². The molecule has 0 unspecified atom stereocenters. The number of hydrogen-bond donors (Lipinski definition) is 1. The number of benzene rings is 1. The Bertz CT molecular complexity index is 520. The molecule has 0 radical (unpaired) electrons.